The summed E-state index contributed by atoms with van der Waals surface area (Å²) in [6, 6.07) is 3.75. The van der Waals surface area contributed by atoms with E-state index in [4.69, 9.17) is 0 Å². The van der Waals surface area contributed by atoms with E-state index in [1.165, 1.54) is 11.3 Å². The van der Waals surface area contributed by atoms with Crippen LogP contribution in [0.25, 0.3) is 0 Å². The lowest BCUT2D eigenvalue weighted by atomic mass is 10.3. The Labute approximate surface area is 91.0 Å². The minimum absolute atomic E-state index is 0.145. The van der Waals surface area contributed by atoms with Crippen molar-refractivity contribution >= 4 is 17.2 Å². The number of nitrogens with zero attached hydrogens (tertiary/aromatic N) is 2. The lowest BCUT2D eigenvalue weighted by Crippen LogP contribution is -2.22. The van der Waals surface area contributed by atoms with E-state index in [1.54, 1.807) is 24.0 Å². The maximum Gasteiger partial charge on any atom is 0.280 e. The van der Waals surface area contributed by atoms with E-state index in [2.05, 4.69) is 15.3 Å². The summed E-state index contributed by atoms with van der Waals surface area (Å²) in [5.41, 5.74) is 0.974. The zero-order chi connectivity index (χ0) is 10.5. The van der Waals surface area contributed by atoms with Crippen LogP contribution in [0.2, 0.25) is 0 Å². The Balaban J connectivity index is 1.92. The summed E-state index contributed by atoms with van der Waals surface area (Å²) in [6.45, 7) is 0.478. The summed E-state index contributed by atoms with van der Waals surface area (Å²) < 4.78 is 0. The number of pyridine rings is 1. The minimum Gasteiger partial charge on any atom is -0.346 e. The van der Waals surface area contributed by atoms with Gasteiger partial charge >= 0.3 is 0 Å². The van der Waals surface area contributed by atoms with Crippen LogP contribution in [0.4, 0.5) is 0 Å². The van der Waals surface area contributed by atoms with Gasteiger partial charge in [-0.25, -0.2) is 4.98 Å². The Morgan fingerprint density at radius 3 is 3.07 bits per heavy atom. The molecule has 0 saturated heterocycles. The van der Waals surface area contributed by atoms with E-state index >= 15 is 0 Å². The summed E-state index contributed by atoms with van der Waals surface area (Å²) in [5, 5.41) is 5.03. The number of hydrogen-bond acceptors (Lipinski definition) is 4. The second-order valence-electron chi connectivity index (χ2n) is 2.88. The Bertz CT molecular complexity index is 427. The van der Waals surface area contributed by atoms with Crippen LogP contribution in [-0.2, 0) is 6.54 Å². The fourth-order valence-corrected chi connectivity index (χ4v) is 1.65. The molecule has 2 aromatic rings. The molecule has 0 aromatic carbocycles. The van der Waals surface area contributed by atoms with Gasteiger partial charge in [-0.2, -0.15) is 0 Å². The number of carbonyl (C=O) groups excluding carboxylic acids is 1. The fraction of sp³-hybridized carbons (Fsp3) is 0.100. The Morgan fingerprint density at radius 1 is 1.47 bits per heavy atom. The zero-order valence-electron chi connectivity index (χ0n) is 7.88. The second-order valence-corrected chi connectivity index (χ2v) is 3.78. The Kier molecular flexibility index (Phi) is 3.04. The van der Waals surface area contributed by atoms with Gasteiger partial charge in [-0.15, -0.1) is 11.3 Å². The van der Waals surface area contributed by atoms with Crippen molar-refractivity contribution < 1.29 is 4.79 Å². The monoisotopic (exact) mass is 219 g/mol. The molecule has 4 nitrogen and oxygen atoms in total. The number of aromatic nitrogens is 2. The highest BCUT2D eigenvalue weighted by atomic mass is 32.1. The third-order valence-electron chi connectivity index (χ3n) is 1.80. The van der Waals surface area contributed by atoms with Crippen molar-refractivity contribution in [1.82, 2.24) is 15.3 Å². The molecular formula is C10H9N3OS. The highest BCUT2D eigenvalue weighted by Crippen LogP contribution is 2.03. The van der Waals surface area contributed by atoms with Crippen LogP contribution < -0.4 is 5.32 Å². The first-order chi connectivity index (χ1) is 7.36. The maximum atomic E-state index is 11.5. The number of carbonyl (C=O) groups is 1. The summed E-state index contributed by atoms with van der Waals surface area (Å²) in [7, 11) is 0. The predicted octanol–water partition coefficient (Wildman–Crippen LogP) is 1.47. The van der Waals surface area contributed by atoms with Crippen molar-refractivity contribution in [2.24, 2.45) is 0 Å². The second kappa shape index (κ2) is 4.65. The molecule has 0 spiro atoms. The average molecular weight is 219 g/mol. The maximum absolute atomic E-state index is 11.5. The van der Waals surface area contributed by atoms with Crippen molar-refractivity contribution in [3.63, 3.8) is 0 Å². The van der Waals surface area contributed by atoms with Gasteiger partial charge in [-0.05, 0) is 11.6 Å². The summed E-state index contributed by atoms with van der Waals surface area (Å²) in [6.07, 6.45) is 5.04. The molecule has 2 heterocycles. The van der Waals surface area contributed by atoms with Gasteiger partial charge in [0, 0.05) is 30.5 Å². The molecular weight excluding hydrogens is 210 g/mol. The lowest BCUT2D eigenvalue weighted by molar-refractivity contribution is 0.0950. The molecule has 0 fully saturated rings. The fourth-order valence-electron chi connectivity index (χ4n) is 1.10. The lowest BCUT2D eigenvalue weighted by Gasteiger charge is -2.01. The van der Waals surface area contributed by atoms with E-state index in [0.29, 0.717) is 11.6 Å². The molecule has 76 valence electrons. The molecule has 2 aromatic heterocycles. The highest BCUT2D eigenvalue weighted by molar-refractivity contribution is 7.11. The molecule has 0 aliphatic carbocycles. The topological polar surface area (TPSA) is 54.9 Å². The number of hydrogen-bond donors (Lipinski definition) is 1. The molecule has 0 radical (unpaired) electrons. The Hall–Kier alpha value is -1.75. The summed E-state index contributed by atoms with van der Waals surface area (Å²) in [4.78, 5) is 19.4. The van der Waals surface area contributed by atoms with Gasteiger partial charge in [-0.3, -0.25) is 9.78 Å². The van der Waals surface area contributed by atoms with E-state index in [0.717, 1.165) is 5.56 Å². The summed E-state index contributed by atoms with van der Waals surface area (Å²) in [5.74, 6) is -0.145. The van der Waals surface area contributed by atoms with E-state index in [1.807, 2.05) is 12.1 Å². The van der Waals surface area contributed by atoms with Gasteiger partial charge in [0.15, 0.2) is 5.01 Å². The van der Waals surface area contributed by atoms with Crippen LogP contribution in [0.5, 0.6) is 0 Å². The van der Waals surface area contributed by atoms with Crippen molar-refractivity contribution in [1.29, 1.82) is 0 Å². The molecule has 15 heavy (non-hydrogen) atoms. The standard InChI is InChI=1S/C10H9N3OS/c14-9(10-12-4-5-15-10)13-7-8-2-1-3-11-6-8/h1-6H,7H2,(H,13,14). The number of nitrogens with one attached hydrogen (secondary N) is 1. The molecule has 0 unspecified atom stereocenters. The number of thiazole rings is 1. The van der Waals surface area contributed by atoms with Crippen molar-refractivity contribution in [3.05, 3.63) is 46.7 Å². The van der Waals surface area contributed by atoms with Gasteiger partial charge in [0.05, 0.1) is 0 Å². The van der Waals surface area contributed by atoms with Crippen LogP contribution in [0.15, 0.2) is 36.1 Å². The van der Waals surface area contributed by atoms with Crippen molar-refractivity contribution in [2.45, 2.75) is 6.54 Å². The SMILES string of the molecule is O=C(NCc1cccnc1)c1nccs1. The van der Waals surface area contributed by atoms with Gasteiger partial charge in [-0.1, -0.05) is 6.07 Å². The van der Waals surface area contributed by atoms with Gasteiger partial charge in [0.1, 0.15) is 0 Å². The van der Waals surface area contributed by atoms with Gasteiger partial charge in [0.2, 0.25) is 0 Å². The van der Waals surface area contributed by atoms with Crippen molar-refractivity contribution in [2.75, 3.05) is 0 Å². The quantitative estimate of drug-likeness (QED) is 0.850. The molecule has 0 atom stereocenters. The molecule has 0 aliphatic heterocycles. The molecule has 0 saturated carbocycles. The normalized spacial score (nSPS) is 9.87. The van der Waals surface area contributed by atoms with E-state index in [-0.39, 0.29) is 5.91 Å². The van der Waals surface area contributed by atoms with Gasteiger partial charge in [0.25, 0.3) is 5.91 Å². The predicted molar refractivity (Wildman–Crippen MR) is 57.5 cm³/mol. The molecule has 0 bridgehead atoms. The largest absolute Gasteiger partial charge is 0.346 e. The van der Waals surface area contributed by atoms with Crippen LogP contribution in [-0.4, -0.2) is 15.9 Å². The van der Waals surface area contributed by atoms with Crippen molar-refractivity contribution in [3.8, 4) is 0 Å². The van der Waals surface area contributed by atoms with Crippen LogP contribution in [0, 0.1) is 0 Å². The van der Waals surface area contributed by atoms with E-state index in [9.17, 15) is 4.79 Å². The zero-order valence-corrected chi connectivity index (χ0v) is 8.70. The Morgan fingerprint density at radius 2 is 2.40 bits per heavy atom. The van der Waals surface area contributed by atoms with Crippen LogP contribution >= 0.6 is 11.3 Å². The van der Waals surface area contributed by atoms with Gasteiger partial charge < -0.3 is 5.32 Å². The van der Waals surface area contributed by atoms with E-state index < -0.39 is 0 Å². The highest BCUT2D eigenvalue weighted by Gasteiger charge is 2.06. The molecule has 2 rings (SSSR count). The first-order valence-electron chi connectivity index (χ1n) is 4.43. The smallest absolute Gasteiger partial charge is 0.280 e. The molecule has 1 N–H and O–H groups in total. The average Bonchev–Trinajstić information content (AvgIpc) is 2.81. The molecule has 5 heteroatoms. The van der Waals surface area contributed by atoms with Crippen LogP contribution in [0.1, 0.15) is 15.4 Å². The first kappa shape index (κ1) is 9.79. The number of rotatable bonds is 3. The summed E-state index contributed by atoms with van der Waals surface area (Å²) >= 11 is 1.33. The third kappa shape index (κ3) is 2.60. The third-order valence-corrected chi connectivity index (χ3v) is 2.57. The number of amides is 1. The molecule has 1 amide bonds. The minimum atomic E-state index is -0.145. The first-order valence-corrected chi connectivity index (χ1v) is 5.31. The van der Waals surface area contributed by atoms with Crippen LogP contribution in [0.3, 0.4) is 0 Å². The molecule has 0 aliphatic rings.